The van der Waals surface area contributed by atoms with Crippen LogP contribution in [-0.2, 0) is 0 Å². The van der Waals surface area contributed by atoms with Gasteiger partial charge in [-0.15, -0.1) is 0 Å². The summed E-state index contributed by atoms with van der Waals surface area (Å²) in [5.74, 6) is -0.246. The van der Waals surface area contributed by atoms with Crippen LogP contribution in [0.25, 0.3) is 0 Å². The largest absolute Gasteiger partial charge is 0.382 e. The molecule has 1 aliphatic carbocycles. The van der Waals surface area contributed by atoms with Gasteiger partial charge < -0.3 is 10.6 Å². The molecule has 1 aromatic rings. The SMILES string of the molecule is CNCC1(CNc2cc(Cl)ccc2F)CC1. The van der Waals surface area contributed by atoms with Gasteiger partial charge in [-0.05, 0) is 38.1 Å². The van der Waals surface area contributed by atoms with Crippen LogP contribution in [0, 0.1) is 11.2 Å². The lowest BCUT2D eigenvalue weighted by molar-refractivity contribution is 0.505. The van der Waals surface area contributed by atoms with Gasteiger partial charge in [0.2, 0.25) is 0 Å². The topological polar surface area (TPSA) is 24.1 Å². The average Bonchev–Trinajstić information content (AvgIpc) is 3.01. The lowest BCUT2D eigenvalue weighted by atomic mass is 10.1. The second kappa shape index (κ2) is 4.60. The van der Waals surface area contributed by atoms with Gasteiger partial charge in [0.1, 0.15) is 5.82 Å². The van der Waals surface area contributed by atoms with Crippen LogP contribution in [0.15, 0.2) is 18.2 Å². The smallest absolute Gasteiger partial charge is 0.146 e. The van der Waals surface area contributed by atoms with Crippen molar-refractivity contribution in [2.75, 3.05) is 25.5 Å². The number of halogens is 2. The molecule has 0 aliphatic heterocycles. The van der Waals surface area contributed by atoms with Crippen LogP contribution in [0.5, 0.6) is 0 Å². The second-order valence-corrected chi connectivity index (χ2v) is 4.94. The molecule has 0 spiro atoms. The number of hydrogen-bond acceptors (Lipinski definition) is 2. The summed E-state index contributed by atoms with van der Waals surface area (Å²) in [5, 5.41) is 6.87. The van der Waals surface area contributed by atoms with Crippen LogP contribution in [0.2, 0.25) is 5.02 Å². The zero-order valence-corrected chi connectivity index (χ0v) is 10.1. The average molecular weight is 243 g/mol. The van der Waals surface area contributed by atoms with Crippen LogP contribution in [0.4, 0.5) is 10.1 Å². The van der Waals surface area contributed by atoms with E-state index in [-0.39, 0.29) is 5.82 Å². The first-order chi connectivity index (χ1) is 7.65. The maximum absolute atomic E-state index is 13.4. The molecule has 0 aromatic heterocycles. The Morgan fingerprint density at radius 3 is 2.75 bits per heavy atom. The van der Waals surface area contributed by atoms with E-state index in [9.17, 15) is 4.39 Å². The van der Waals surface area contributed by atoms with Gasteiger partial charge in [0.15, 0.2) is 0 Å². The summed E-state index contributed by atoms with van der Waals surface area (Å²) in [6.45, 7) is 1.77. The Bertz CT molecular complexity index is 377. The molecule has 2 rings (SSSR count). The van der Waals surface area contributed by atoms with Crippen molar-refractivity contribution in [1.29, 1.82) is 0 Å². The molecule has 88 valence electrons. The van der Waals surface area contributed by atoms with E-state index in [1.165, 1.54) is 18.9 Å². The molecule has 0 heterocycles. The van der Waals surface area contributed by atoms with E-state index in [0.29, 0.717) is 16.1 Å². The Balaban J connectivity index is 1.97. The first-order valence-corrected chi connectivity index (χ1v) is 5.87. The summed E-state index contributed by atoms with van der Waals surface area (Å²) in [5.41, 5.74) is 0.804. The molecule has 0 bridgehead atoms. The van der Waals surface area contributed by atoms with E-state index in [0.717, 1.165) is 13.1 Å². The highest BCUT2D eigenvalue weighted by atomic mass is 35.5. The quantitative estimate of drug-likeness (QED) is 0.830. The van der Waals surface area contributed by atoms with Gasteiger partial charge in [-0.2, -0.15) is 0 Å². The first kappa shape index (κ1) is 11.7. The minimum absolute atomic E-state index is 0.246. The van der Waals surface area contributed by atoms with Gasteiger partial charge in [0.25, 0.3) is 0 Å². The summed E-state index contributed by atoms with van der Waals surface area (Å²) in [7, 11) is 1.94. The molecule has 1 aliphatic rings. The molecule has 0 unspecified atom stereocenters. The Labute approximate surface area is 100 Å². The minimum atomic E-state index is -0.246. The fourth-order valence-corrected chi connectivity index (χ4v) is 2.06. The number of nitrogens with one attached hydrogen (secondary N) is 2. The van der Waals surface area contributed by atoms with Gasteiger partial charge in [-0.1, -0.05) is 11.6 Å². The molecule has 0 atom stereocenters. The summed E-state index contributed by atoms with van der Waals surface area (Å²) in [6, 6.07) is 4.58. The molecular weight excluding hydrogens is 227 g/mol. The highest BCUT2D eigenvalue weighted by Gasteiger charge is 2.41. The maximum atomic E-state index is 13.4. The zero-order valence-electron chi connectivity index (χ0n) is 9.32. The zero-order chi connectivity index (χ0) is 11.6. The predicted octanol–water partition coefficient (Wildman–Crippen LogP) is 2.89. The van der Waals surface area contributed by atoms with Crippen LogP contribution in [0.3, 0.4) is 0 Å². The lowest BCUT2D eigenvalue weighted by Gasteiger charge is -2.16. The highest BCUT2D eigenvalue weighted by molar-refractivity contribution is 6.30. The van der Waals surface area contributed by atoms with E-state index in [1.54, 1.807) is 12.1 Å². The monoisotopic (exact) mass is 242 g/mol. The highest BCUT2D eigenvalue weighted by Crippen LogP contribution is 2.45. The molecule has 2 N–H and O–H groups in total. The van der Waals surface area contributed by atoms with Gasteiger partial charge in [-0.3, -0.25) is 0 Å². The van der Waals surface area contributed by atoms with E-state index >= 15 is 0 Å². The molecule has 1 fully saturated rings. The Kier molecular flexibility index (Phi) is 3.36. The third kappa shape index (κ3) is 2.66. The van der Waals surface area contributed by atoms with E-state index in [4.69, 9.17) is 11.6 Å². The Morgan fingerprint density at radius 1 is 1.38 bits per heavy atom. The van der Waals surface area contributed by atoms with Crippen LogP contribution in [-0.4, -0.2) is 20.1 Å². The molecule has 1 saturated carbocycles. The van der Waals surface area contributed by atoms with Crippen molar-refractivity contribution >= 4 is 17.3 Å². The summed E-state index contributed by atoms with van der Waals surface area (Å²) in [6.07, 6.45) is 2.39. The minimum Gasteiger partial charge on any atom is -0.382 e. The van der Waals surface area contributed by atoms with Gasteiger partial charge in [0, 0.05) is 23.5 Å². The van der Waals surface area contributed by atoms with Gasteiger partial charge in [-0.25, -0.2) is 4.39 Å². The summed E-state index contributed by atoms with van der Waals surface area (Å²) >= 11 is 5.82. The van der Waals surface area contributed by atoms with Crippen LogP contribution < -0.4 is 10.6 Å². The number of anilines is 1. The molecular formula is C12H16ClFN2. The molecule has 4 heteroatoms. The normalized spacial score (nSPS) is 17.2. The molecule has 0 saturated heterocycles. The van der Waals surface area contributed by atoms with Crippen molar-refractivity contribution in [3.8, 4) is 0 Å². The van der Waals surface area contributed by atoms with Gasteiger partial charge >= 0.3 is 0 Å². The summed E-state index contributed by atoms with van der Waals surface area (Å²) < 4.78 is 13.4. The lowest BCUT2D eigenvalue weighted by Crippen LogP contribution is -2.27. The van der Waals surface area contributed by atoms with E-state index in [2.05, 4.69) is 10.6 Å². The fourth-order valence-electron chi connectivity index (χ4n) is 1.88. The number of benzene rings is 1. The van der Waals surface area contributed by atoms with Crippen molar-refractivity contribution in [3.05, 3.63) is 29.0 Å². The second-order valence-electron chi connectivity index (χ2n) is 4.51. The maximum Gasteiger partial charge on any atom is 0.146 e. The van der Waals surface area contributed by atoms with Crippen molar-refractivity contribution in [2.45, 2.75) is 12.8 Å². The summed E-state index contributed by atoms with van der Waals surface area (Å²) in [4.78, 5) is 0. The number of rotatable bonds is 5. The van der Waals surface area contributed by atoms with Crippen molar-refractivity contribution in [1.82, 2.24) is 5.32 Å². The molecule has 0 radical (unpaired) electrons. The molecule has 1 aromatic carbocycles. The van der Waals surface area contributed by atoms with Crippen LogP contribution in [0.1, 0.15) is 12.8 Å². The van der Waals surface area contributed by atoms with Crippen molar-refractivity contribution in [3.63, 3.8) is 0 Å². The standard InChI is InChI=1S/C12H16ClFN2/c1-15-7-12(4-5-12)8-16-11-6-9(13)2-3-10(11)14/h2-3,6,15-16H,4-5,7-8H2,1H3. The third-order valence-corrected chi connectivity index (χ3v) is 3.33. The first-order valence-electron chi connectivity index (χ1n) is 5.49. The Hall–Kier alpha value is -0.800. The molecule has 2 nitrogen and oxygen atoms in total. The third-order valence-electron chi connectivity index (χ3n) is 3.09. The fraction of sp³-hybridized carbons (Fsp3) is 0.500. The molecule has 0 amide bonds. The predicted molar refractivity (Wildman–Crippen MR) is 65.5 cm³/mol. The molecule has 16 heavy (non-hydrogen) atoms. The van der Waals surface area contributed by atoms with E-state index < -0.39 is 0 Å². The van der Waals surface area contributed by atoms with Crippen molar-refractivity contribution < 1.29 is 4.39 Å². The van der Waals surface area contributed by atoms with Crippen LogP contribution >= 0.6 is 11.6 Å². The Morgan fingerprint density at radius 2 is 2.12 bits per heavy atom. The van der Waals surface area contributed by atoms with Crippen molar-refractivity contribution in [2.24, 2.45) is 5.41 Å². The van der Waals surface area contributed by atoms with E-state index in [1.807, 2.05) is 7.05 Å². The van der Waals surface area contributed by atoms with Gasteiger partial charge in [0.05, 0.1) is 5.69 Å². The number of hydrogen-bond donors (Lipinski definition) is 2.